The summed E-state index contributed by atoms with van der Waals surface area (Å²) in [5, 5.41) is 7.36. The predicted octanol–water partition coefficient (Wildman–Crippen LogP) is 3.12. The van der Waals surface area contributed by atoms with Gasteiger partial charge >= 0.3 is 0 Å². The highest BCUT2D eigenvalue weighted by molar-refractivity contribution is 7.09. The third-order valence-electron chi connectivity index (χ3n) is 4.41. The summed E-state index contributed by atoms with van der Waals surface area (Å²) in [6, 6.07) is 4.08. The molecule has 1 saturated heterocycles. The number of carbonyl (C=O) groups excluding carboxylic acids is 1. The Morgan fingerprint density at radius 3 is 3.12 bits per heavy atom. The first-order valence-electron chi connectivity index (χ1n) is 8.10. The third-order valence-corrected chi connectivity index (χ3v) is 5.18. The van der Waals surface area contributed by atoms with Gasteiger partial charge in [-0.3, -0.25) is 9.48 Å². The van der Waals surface area contributed by atoms with E-state index in [1.807, 2.05) is 46.4 Å². The molecule has 4 heterocycles. The van der Waals surface area contributed by atoms with Crippen LogP contribution in [0.4, 0.5) is 0 Å². The van der Waals surface area contributed by atoms with Gasteiger partial charge in [-0.05, 0) is 31.9 Å². The minimum atomic E-state index is 0.0463. The molecule has 0 radical (unpaired) electrons. The molecule has 7 heteroatoms. The van der Waals surface area contributed by atoms with Gasteiger partial charge < -0.3 is 9.88 Å². The molecular weight excluding hydrogens is 322 g/mol. The second-order valence-electron chi connectivity index (χ2n) is 6.09. The lowest BCUT2D eigenvalue weighted by molar-refractivity contribution is 0.0668. The molecule has 4 rings (SSSR count). The number of likely N-dealkylation sites (tertiary alicyclic amines) is 1. The van der Waals surface area contributed by atoms with Crippen molar-refractivity contribution in [3.05, 3.63) is 46.8 Å². The lowest BCUT2D eigenvalue weighted by Gasteiger charge is -2.32. The monoisotopic (exact) mass is 341 g/mol. The van der Waals surface area contributed by atoms with Crippen molar-refractivity contribution in [3.8, 4) is 11.3 Å². The van der Waals surface area contributed by atoms with Gasteiger partial charge in [-0.2, -0.15) is 5.10 Å². The number of hydrogen-bond acceptors (Lipinski definition) is 4. The lowest BCUT2D eigenvalue weighted by atomic mass is 10.1. The average Bonchev–Trinajstić information content (AvgIpc) is 3.35. The van der Waals surface area contributed by atoms with E-state index in [-0.39, 0.29) is 11.9 Å². The number of piperidine rings is 1. The van der Waals surface area contributed by atoms with Gasteiger partial charge in [-0.25, -0.2) is 4.98 Å². The third kappa shape index (κ3) is 2.87. The van der Waals surface area contributed by atoms with Crippen LogP contribution in [0.25, 0.3) is 11.3 Å². The molecule has 0 aromatic carbocycles. The maximum absolute atomic E-state index is 12.8. The van der Waals surface area contributed by atoms with Gasteiger partial charge in [0.2, 0.25) is 0 Å². The zero-order valence-electron chi connectivity index (χ0n) is 13.5. The Kier molecular flexibility index (Phi) is 3.93. The first kappa shape index (κ1) is 15.1. The van der Waals surface area contributed by atoms with Crippen LogP contribution in [0.2, 0.25) is 0 Å². The Morgan fingerprint density at radius 1 is 1.46 bits per heavy atom. The molecule has 1 fully saturated rings. The van der Waals surface area contributed by atoms with E-state index in [2.05, 4.69) is 15.1 Å². The smallest absolute Gasteiger partial charge is 0.270 e. The molecule has 1 atom stereocenters. The fourth-order valence-corrected chi connectivity index (χ4v) is 3.81. The largest absolute Gasteiger partial charge is 0.357 e. The lowest BCUT2D eigenvalue weighted by Crippen LogP contribution is -2.41. The van der Waals surface area contributed by atoms with Crippen molar-refractivity contribution in [1.82, 2.24) is 24.6 Å². The molecule has 1 aliphatic rings. The van der Waals surface area contributed by atoms with Crippen LogP contribution in [0, 0.1) is 6.92 Å². The molecule has 3 aromatic heterocycles. The fraction of sp³-hybridized carbons (Fsp3) is 0.353. The highest BCUT2D eigenvalue weighted by Gasteiger charge is 2.26. The number of thiazole rings is 1. The van der Waals surface area contributed by atoms with Crippen molar-refractivity contribution >= 4 is 17.2 Å². The van der Waals surface area contributed by atoms with Crippen molar-refractivity contribution in [1.29, 1.82) is 0 Å². The summed E-state index contributed by atoms with van der Waals surface area (Å²) in [5.41, 5.74) is 2.50. The molecule has 0 spiro atoms. The van der Waals surface area contributed by atoms with Gasteiger partial charge in [0.1, 0.15) is 5.69 Å². The number of H-pyrrole nitrogens is 1. The highest BCUT2D eigenvalue weighted by Crippen LogP contribution is 2.25. The molecule has 0 saturated carbocycles. The van der Waals surface area contributed by atoms with Crippen LogP contribution in [0.5, 0.6) is 0 Å². The molecule has 0 aliphatic carbocycles. The first-order valence-corrected chi connectivity index (χ1v) is 8.98. The van der Waals surface area contributed by atoms with E-state index >= 15 is 0 Å². The molecule has 1 N–H and O–H groups in total. The van der Waals surface area contributed by atoms with Crippen molar-refractivity contribution in [2.75, 3.05) is 13.1 Å². The maximum atomic E-state index is 12.8. The van der Waals surface area contributed by atoms with Gasteiger partial charge in [-0.15, -0.1) is 11.3 Å². The normalized spacial score (nSPS) is 18.0. The molecule has 3 aromatic rings. The molecule has 24 heavy (non-hydrogen) atoms. The van der Waals surface area contributed by atoms with Crippen LogP contribution in [-0.4, -0.2) is 43.6 Å². The van der Waals surface area contributed by atoms with Crippen LogP contribution < -0.4 is 0 Å². The Morgan fingerprint density at radius 2 is 2.38 bits per heavy atom. The van der Waals surface area contributed by atoms with Gasteiger partial charge in [-0.1, -0.05) is 0 Å². The maximum Gasteiger partial charge on any atom is 0.270 e. The Bertz CT molecular complexity index is 835. The summed E-state index contributed by atoms with van der Waals surface area (Å²) < 4.78 is 1.96. The minimum absolute atomic E-state index is 0.0463. The number of aryl methyl sites for hydroxylation is 1. The number of nitrogens with one attached hydrogen (secondary N) is 1. The molecule has 0 unspecified atom stereocenters. The van der Waals surface area contributed by atoms with Gasteiger partial charge in [0.25, 0.3) is 5.91 Å². The van der Waals surface area contributed by atoms with E-state index < -0.39 is 0 Å². The average molecular weight is 341 g/mol. The van der Waals surface area contributed by atoms with E-state index in [1.54, 1.807) is 17.5 Å². The van der Waals surface area contributed by atoms with Gasteiger partial charge in [0.05, 0.1) is 16.7 Å². The fourth-order valence-electron chi connectivity index (χ4n) is 3.18. The quantitative estimate of drug-likeness (QED) is 0.796. The van der Waals surface area contributed by atoms with E-state index in [1.165, 1.54) is 0 Å². The highest BCUT2D eigenvalue weighted by atomic mass is 32.1. The van der Waals surface area contributed by atoms with Gasteiger partial charge in [0.15, 0.2) is 0 Å². The zero-order valence-corrected chi connectivity index (χ0v) is 14.3. The minimum Gasteiger partial charge on any atom is -0.357 e. The van der Waals surface area contributed by atoms with E-state index in [9.17, 15) is 4.79 Å². The Labute approximate surface area is 144 Å². The molecule has 0 bridgehead atoms. The zero-order chi connectivity index (χ0) is 16.5. The standard InChI is InChI=1S/C17H19N5OS/c1-12-20-16(11-24-12)13-8-15(18-9-13)17(23)21-6-2-4-14(10-21)22-7-3-5-19-22/h3,5,7-9,11,14,18H,2,4,6,10H2,1H3/t14-/m1/s1. The van der Waals surface area contributed by atoms with Crippen LogP contribution >= 0.6 is 11.3 Å². The second kappa shape index (κ2) is 6.24. The number of aromatic amines is 1. The van der Waals surface area contributed by atoms with Crippen molar-refractivity contribution in [2.24, 2.45) is 0 Å². The topological polar surface area (TPSA) is 66.8 Å². The number of nitrogens with zero attached hydrogens (tertiary/aromatic N) is 4. The van der Waals surface area contributed by atoms with Crippen LogP contribution in [0.3, 0.4) is 0 Å². The molecule has 1 aliphatic heterocycles. The number of aromatic nitrogens is 4. The Balaban J connectivity index is 1.50. The first-order chi connectivity index (χ1) is 11.7. The van der Waals surface area contributed by atoms with E-state index in [0.717, 1.165) is 35.7 Å². The number of hydrogen-bond donors (Lipinski definition) is 1. The van der Waals surface area contributed by atoms with E-state index in [4.69, 9.17) is 0 Å². The SMILES string of the molecule is Cc1nc(-c2c[nH]c(C(=O)N3CCC[C@@H](n4cccn4)C3)c2)cs1. The summed E-state index contributed by atoms with van der Waals surface area (Å²) in [7, 11) is 0. The predicted molar refractivity (Wildman–Crippen MR) is 93.0 cm³/mol. The van der Waals surface area contributed by atoms with Crippen LogP contribution in [0.1, 0.15) is 34.4 Å². The number of amides is 1. The molecular formula is C17H19N5OS. The molecule has 1 amide bonds. The van der Waals surface area contributed by atoms with Crippen LogP contribution in [-0.2, 0) is 0 Å². The van der Waals surface area contributed by atoms with Crippen molar-refractivity contribution in [3.63, 3.8) is 0 Å². The van der Waals surface area contributed by atoms with Crippen LogP contribution in [0.15, 0.2) is 36.1 Å². The Hall–Kier alpha value is -2.41. The summed E-state index contributed by atoms with van der Waals surface area (Å²) in [4.78, 5) is 22.3. The van der Waals surface area contributed by atoms with Gasteiger partial charge in [0, 0.05) is 42.6 Å². The molecule has 6 nitrogen and oxygen atoms in total. The van der Waals surface area contributed by atoms with E-state index in [0.29, 0.717) is 12.2 Å². The summed E-state index contributed by atoms with van der Waals surface area (Å²) in [6.07, 6.45) is 7.66. The summed E-state index contributed by atoms with van der Waals surface area (Å²) in [6.45, 7) is 3.47. The number of carbonyl (C=O) groups is 1. The summed E-state index contributed by atoms with van der Waals surface area (Å²) >= 11 is 1.61. The van der Waals surface area contributed by atoms with Crippen molar-refractivity contribution < 1.29 is 4.79 Å². The molecule has 124 valence electrons. The van der Waals surface area contributed by atoms with Crippen molar-refractivity contribution in [2.45, 2.75) is 25.8 Å². The second-order valence-corrected chi connectivity index (χ2v) is 7.15. The summed E-state index contributed by atoms with van der Waals surface area (Å²) in [5.74, 6) is 0.0463. The number of rotatable bonds is 3.